The smallest absolute Gasteiger partial charge is 0.328 e. The molecule has 1 aliphatic rings. The van der Waals surface area contributed by atoms with Crippen molar-refractivity contribution in [2.75, 3.05) is 0 Å². The van der Waals surface area contributed by atoms with Gasteiger partial charge in [0, 0.05) is 12.1 Å². The Morgan fingerprint density at radius 3 is 2.75 bits per heavy atom. The molecule has 0 radical (unpaired) electrons. The Kier molecular flexibility index (Phi) is 3.69. The van der Waals surface area contributed by atoms with Gasteiger partial charge >= 0.3 is 5.69 Å². The third-order valence-electron chi connectivity index (χ3n) is 5.29. The SMILES string of the molecule is O=c1[nH]c2c(O)nc(-n3cnc4ccc(F)cc43)nc2n1[C@H]1CC[C@H](O)CC1. The van der Waals surface area contributed by atoms with Crippen LogP contribution in [0.4, 0.5) is 4.39 Å². The fourth-order valence-electron chi connectivity index (χ4n) is 3.88. The summed E-state index contributed by atoms with van der Waals surface area (Å²) < 4.78 is 16.6. The lowest BCUT2D eigenvalue weighted by Crippen LogP contribution is -2.28. The van der Waals surface area contributed by atoms with E-state index in [-0.39, 0.29) is 40.8 Å². The highest BCUT2D eigenvalue weighted by atomic mass is 19.1. The molecular formula is C18H17FN6O3. The maximum Gasteiger partial charge on any atom is 0.328 e. The quantitative estimate of drug-likeness (QED) is 0.484. The summed E-state index contributed by atoms with van der Waals surface area (Å²) in [6.07, 6.45) is 3.54. The molecule has 1 aromatic carbocycles. The maximum absolute atomic E-state index is 13.7. The number of aliphatic hydroxyl groups is 1. The molecule has 4 aromatic rings. The van der Waals surface area contributed by atoms with Crippen molar-refractivity contribution in [2.45, 2.75) is 37.8 Å². The molecule has 5 rings (SSSR count). The maximum atomic E-state index is 13.7. The highest BCUT2D eigenvalue weighted by molar-refractivity contribution is 5.79. The first-order valence-electron chi connectivity index (χ1n) is 9.03. The minimum absolute atomic E-state index is 0.0849. The van der Waals surface area contributed by atoms with Crippen LogP contribution in [0.1, 0.15) is 31.7 Å². The van der Waals surface area contributed by atoms with E-state index in [0.29, 0.717) is 36.7 Å². The Hall–Kier alpha value is -3.27. The molecule has 0 spiro atoms. The fourth-order valence-corrected chi connectivity index (χ4v) is 3.88. The highest BCUT2D eigenvalue weighted by Crippen LogP contribution is 2.31. The number of aromatic amines is 1. The molecule has 0 amide bonds. The van der Waals surface area contributed by atoms with E-state index in [9.17, 15) is 19.4 Å². The number of H-pyrrole nitrogens is 1. The number of aliphatic hydroxyl groups excluding tert-OH is 1. The minimum atomic E-state index is -0.432. The average Bonchev–Trinajstić information content (AvgIpc) is 3.23. The van der Waals surface area contributed by atoms with Gasteiger partial charge in [0.1, 0.15) is 17.7 Å². The first kappa shape index (κ1) is 16.9. The van der Waals surface area contributed by atoms with Gasteiger partial charge in [-0.3, -0.25) is 14.1 Å². The molecule has 9 nitrogen and oxygen atoms in total. The van der Waals surface area contributed by atoms with Crippen molar-refractivity contribution in [1.82, 2.24) is 29.1 Å². The molecule has 0 bridgehead atoms. The van der Waals surface area contributed by atoms with Crippen LogP contribution in [0.5, 0.6) is 5.88 Å². The van der Waals surface area contributed by atoms with Gasteiger partial charge in [0.15, 0.2) is 5.65 Å². The zero-order valence-electron chi connectivity index (χ0n) is 14.7. The summed E-state index contributed by atoms with van der Waals surface area (Å²) in [4.78, 5) is 27.9. The Morgan fingerprint density at radius 1 is 1.18 bits per heavy atom. The summed E-state index contributed by atoms with van der Waals surface area (Å²) >= 11 is 0. The summed E-state index contributed by atoms with van der Waals surface area (Å²) in [5, 5.41) is 20.1. The Morgan fingerprint density at radius 2 is 1.96 bits per heavy atom. The number of fused-ring (bicyclic) bond motifs is 2. The molecule has 1 saturated carbocycles. The number of nitrogens with one attached hydrogen (secondary N) is 1. The van der Waals surface area contributed by atoms with Crippen molar-refractivity contribution < 1.29 is 14.6 Å². The molecule has 28 heavy (non-hydrogen) atoms. The van der Waals surface area contributed by atoms with Crippen LogP contribution >= 0.6 is 0 Å². The van der Waals surface area contributed by atoms with Crippen LogP contribution in [-0.4, -0.2) is 45.4 Å². The molecule has 3 aromatic heterocycles. The van der Waals surface area contributed by atoms with Gasteiger partial charge in [-0.25, -0.2) is 14.2 Å². The molecule has 1 fully saturated rings. The van der Waals surface area contributed by atoms with Crippen LogP contribution in [0.2, 0.25) is 0 Å². The molecule has 0 atom stereocenters. The second-order valence-electron chi connectivity index (χ2n) is 7.06. The lowest BCUT2D eigenvalue weighted by Gasteiger charge is -2.26. The van der Waals surface area contributed by atoms with Gasteiger partial charge in [0.2, 0.25) is 11.8 Å². The zero-order valence-corrected chi connectivity index (χ0v) is 14.7. The Bertz CT molecular complexity index is 1250. The molecule has 0 unspecified atom stereocenters. The van der Waals surface area contributed by atoms with E-state index in [1.165, 1.54) is 27.6 Å². The number of nitrogens with zero attached hydrogens (tertiary/aromatic N) is 5. The van der Waals surface area contributed by atoms with Gasteiger partial charge in [-0.2, -0.15) is 9.97 Å². The topological polar surface area (TPSA) is 122 Å². The van der Waals surface area contributed by atoms with E-state index >= 15 is 0 Å². The Balaban J connectivity index is 1.70. The predicted octanol–water partition coefficient (Wildman–Crippen LogP) is 1.78. The lowest BCUT2D eigenvalue weighted by molar-refractivity contribution is 0.111. The third kappa shape index (κ3) is 2.56. The molecule has 3 heterocycles. The van der Waals surface area contributed by atoms with Crippen molar-refractivity contribution in [2.24, 2.45) is 0 Å². The summed E-state index contributed by atoms with van der Waals surface area (Å²) in [6.45, 7) is 0. The van der Waals surface area contributed by atoms with Gasteiger partial charge in [0.05, 0.1) is 17.1 Å². The summed E-state index contributed by atoms with van der Waals surface area (Å²) in [5.74, 6) is -0.717. The van der Waals surface area contributed by atoms with Gasteiger partial charge in [-0.05, 0) is 37.8 Å². The van der Waals surface area contributed by atoms with Crippen LogP contribution in [0, 0.1) is 5.82 Å². The number of aromatic hydroxyl groups is 1. The van der Waals surface area contributed by atoms with E-state index in [2.05, 4.69) is 19.9 Å². The van der Waals surface area contributed by atoms with Crippen molar-refractivity contribution >= 4 is 22.2 Å². The molecule has 3 N–H and O–H groups in total. The van der Waals surface area contributed by atoms with E-state index < -0.39 is 5.82 Å². The number of benzene rings is 1. The Labute approximate surface area is 157 Å². The average molecular weight is 384 g/mol. The number of imidazole rings is 2. The number of rotatable bonds is 2. The van der Waals surface area contributed by atoms with Crippen LogP contribution in [-0.2, 0) is 0 Å². The number of halogens is 1. The van der Waals surface area contributed by atoms with Gasteiger partial charge in [-0.15, -0.1) is 0 Å². The largest absolute Gasteiger partial charge is 0.492 e. The number of hydrogen-bond donors (Lipinski definition) is 3. The highest BCUT2D eigenvalue weighted by Gasteiger charge is 2.26. The molecule has 0 aliphatic heterocycles. The summed E-state index contributed by atoms with van der Waals surface area (Å²) in [6, 6.07) is 4.02. The fraction of sp³-hybridized carbons (Fsp3) is 0.333. The third-order valence-corrected chi connectivity index (χ3v) is 5.29. The van der Waals surface area contributed by atoms with Crippen molar-refractivity contribution in [3.8, 4) is 11.8 Å². The van der Waals surface area contributed by atoms with Gasteiger partial charge in [0.25, 0.3) is 0 Å². The molecular weight excluding hydrogens is 367 g/mol. The monoisotopic (exact) mass is 384 g/mol. The first-order valence-corrected chi connectivity index (χ1v) is 9.03. The molecule has 1 aliphatic carbocycles. The summed E-state index contributed by atoms with van der Waals surface area (Å²) in [7, 11) is 0. The molecule has 0 saturated heterocycles. The van der Waals surface area contributed by atoms with E-state index in [4.69, 9.17) is 0 Å². The standard InChI is InChI=1S/C18H17FN6O3/c19-9-1-6-12-13(7-9)24(8-20-12)17-22-15-14(16(27)23-17)21-18(28)25(15)10-2-4-11(26)5-3-10/h1,6-8,10-11,26H,2-5H2,(H,21,28)(H,22,23,27)/t10-,11-. The normalized spacial score (nSPS) is 20.2. The first-order chi connectivity index (χ1) is 13.5. The lowest BCUT2D eigenvalue weighted by atomic mass is 9.93. The molecule has 10 heteroatoms. The van der Waals surface area contributed by atoms with Crippen molar-refractivity contribution in [1.29, 1.82) is 0 Å². The second-order valence-corrected chi connectivity index (χ2v) is 7.06. The zero-order chi connectivity index (χ0) is 19.4. The van der Waals surface area contributed by atoms with Crippen LogP contribution in [0.15, 0.2) is 29.3 Å². The van der Waals surface area contributed by atoms with Crippen LogP contribution in [0.3, 0.4) is 0 Å². The van der Waals surface area contributed by atoms with Crippen LogP contribution < -0.4 is 5.69 Å². The minimum Gasteiger partial charge on any atom is -0.492 e. The number of hydrogen-bond acceptors (Lipinski definition) is 6. The number of aromatic nitrogens is 6. The van der Waals surface area contributed by atoms with Gasteiger partial charge < -0.3 is 10.2 Å². The molecule has 144 valence electrons. The van der Waals surface area contributed by atoms with E-state index in [1.807, 2.05) is 0 Å². The van der Waals surface area contributed by atoms with Crippen molar-refractivity contribution in [3.63, 3.8) is 0 Å². The second kappa shape index (κ2) is 6.13. The predicted molar refractivity (Wildman–Crippen MR) is 97.9 cm³/mol. The summed E-state index contributed by atoms with van der Waals surface area (Å²) in [5.41, 5.74) is 1.03. The van der Waals surface area contributed by atoms with E-state index in [1.54, 1.807) is 6.07 Å². The van der Waals surface area contributed by atoms with Crippen LogP contribution in [0.25, 0.3) is 28.1 Å². The van der Waals surface area contributed by atoms with Crippen molar-refractivity contribution in [3.05, 3.63) is 40.8 Å². The van der Waals surface area contributed by atoms with E-state index in [0.717, 1.165) is 0 Å². The van der Waals surface area contributed by atoms with Gasteiger partial charge in [-0.1, -0.05) is 0 Å².